The standard InChI is InChI=1S/C48H28N2OS/c1-2-12-29(13-3-1)45-44-43(32-26-27-37-35-16-5-4-14-33(35)34-15-6-7-17-36(34)39(37)28-32)46(52-47(44)38-18-8-9-19-40(38)49-45)30-22-24-31(25-23-30)48-50-41-20-10-11-21-42(41)51-48/h1-28H. The molecule has 11 rings (SSSR count). The third-order valence-corrected chi connectivity index (χ3v) is 11.6. The van der Waals surface area contributed by atoms with Crippen molar-refractivity contribution in [2.24, 2.45) is 0 Å². The van der Waals surface area contributed by atoms with Crippen LogP contribution in [0.4, 0.5) is 0 Å². The third kappa shape index (κ3) is 4.45. The monoisotopic (exact) mass is 680 g/mol. The Morgan fingerprint density at radius 1 is 0.404 bits per heavy atom. The number of para-hydroxylation sites is 3. The van der Waals surface area contributed by atoms with Crippen LogP contribution in [-0.4, -0.2) is 9.97 Å². The van der Waals surface area contributed by atoms with E-state index in [0.29, 0.717) is 5.89 Å². The van der Waals surface area contributed by atoms with E-state index < -0.39 is 0 Å². The first kappa shape index (κ1) is 29.1. The van der Waals surface area contributed by atoms with Crippen molar-refractivity contribution in [3.05, 3.63) is 170 Å². The van der Waals surface area contributed by atoms with E-state index in [1.165, 1.54) is 58.4 Å². The zero-order valence-corrected chi connectivity index (χ0v) is 28.7. The number of nitrogens with zero attached hydrogens (tertiary/aromatic N) is 2. The van der Waals surface area contributed by atoms with Crippen LogP contribution in [0.15, 0.2) is 174 Å². The SMILES string of the molecule is c1ccc(-c2nc3ccccc3c3sc(-c4ccc(-c5nc6ccccc6o5)cc4)c(-c4ccc5c6ccccc6c6ccccc6c5c4)c23)cc1. The maximum atomic E-state index is 6.14. The Morgan fingerprint density at radius 3 is 1.67 bits per heavy atom. The van der Waals surface area contributed by atoms with Gasteiger partial charge in [0.15, 0.2) is 5.58 Å². The minimum absolute atomic E-state index is 0.625. The van der Waals surface area contributed by atoms with E-state index in [1.54, 1.807) is 0 Å². The fourth-order valence-electron chi connectivity index (χ4n) is 7.89. The van der Waals surface area contributed by atoms with Crippen molar-refractivity contribution in [3.8, 4) is 44.3 Å². The number of aromatic nitrogens is 2. The molecular formula is C48H28N2OS. The molecule has 0 aliphatic heterocycles. The number of thiophene rings is 1. The molecule has 8 aromatic carbocycles. The van der Waals surface area contributed by atoms with Crippen LogP contribution < -0.4 is 0 Å². The van der Waals surface area contributed by atoms with Crippen LogP contribution in [0, 0.1) is 0 Å². The average Bonchev–Trinajstić information content (AvgIpc) is 3.84. The van der Waals surface area contributed by atoms with Crippen LogP contribution in [0.25, 0.3) is 109 Å². The molecule has 0 N–H and O–H groups in total. The predicted octanol–water partition coefficient (Wildman–Crippen LogP) is 13.7. The summed E-state index contributed by atoms with van der Waals surface area (Å²) < 4.78 is 7.38. The second kappa shape index (κ2) is 11.5. The van der Waals surface area contributed by atoms with E-state index >= 15 is 0 Å². The van der Waals surface area contributed by atoms with Crippen LogP contribution in [0.5, 0.6) is 0 Å². The van der Waals surface area contributed by atoms with Gasteiger partial charge in [-0.1, -0.05) is 133 Å². The van der Waals surface area contributed by atoms with Gasteiger partial charge in [0, 0.05) is 37.0 Å². The van der Waals surface area contributed by atoms with E-state index in [0.717, 1.165) is 44.4 Å². The van der Waals surface area contributed by atoms with Gasteiger partial charge >= 0.3 is 0 Å². The lowest BCUT2D eigenvalue weighted by Crippen LogP contribution is -1.90. The number of rotatable bonds is 4. The van der Waals surface area contributed by atoms with Gasteiger partial charge in [-0.3, -0.25) is 0 Å². The van der Waals surface area contributed by atoms with Crippen molar-refractivity contribution in [3.63, 3.8) is 0 Å². The molecule has 52 heavy (non-hydrogen) atoms. The number of hydrogen-bond acceptors (Lipinski definition) is 4. The van der Waals surface area contributed by atoms with Crippen LogP contribution in [-0.2, 0) is 0 Å². The van der Waals surface area contributed by atoms with E-state index in [4.69, 9.17) is 14.4 Å². The van der Waals surface area contributed by atoms with Gasteiger partial charge in [0.1, 0.15) is 5.52 Å². The summed E-state index contributed by atoms with van der Waals surface area (Å²) in [6.45, 7) is 0. The van der Waals surface area contributed by atoms with Gasteiger partial charge < -0.3 is 4.42 Å². The number of fused-ring (bicyclic) bond motifs is 10. The summed E-state index contributed by atoms with van der Waals surface area (Å²) in [4.78, 5) is 11.4. The second-order valence-corrected chi connectivity index (χ2v) is 14.3. The fourth-order valence-corrected chi connectivity index (χ4v) is 9.26. The first-order valence-corrected chi connectivity index (χ1v) is 18.3. The molecule has 3 nitrogen and oxygen atoms in total. The lowest BCUT2D eigenvalue weighted by Gasteiger charge is -2.14. The Balaban J connectivity index is 1.22. The van der Waals surface area contributed by atoms with Crippen molar-refractivity contribution < 1.29 is 4.42 Å². The number of benzene rings is 8. The fraction of sp³-hybridized carbons (Fsp3) is 0. The molecule has 0 amide bonds. The van der Waals surface area contributed by atoms with Gasteiger partial charge in [-0.05, 0) is 79.8 Å². The zero-order chi connectivity index (χ0) is 34.2. The molecule has 3 aromatic heterocycles. The molecule has 0 aliphatic carbocycles. The summed E-state index contributed by atoms with van der Waals surface area (Å²) in [5, 5.41) is 9.92. The van der Waals surface area contributed by atoms with Gasteiger partial charge in [-0.15, -0.1) is 11.3 Å². The molecule has 0 atom stereocenters. The summed E-state index contributed by atoms with van der Waals surface area (Å²) >= 11 is 1.85. The van der Waals surface area contributed by atoms with Gasteiger partial charge in [0.2, 0.25) is 5.89 Å². The number of pyridine rings is 1. The number of hydrogen-bond donors (Lipinski definition) is 0. The van der Waals surface area contributed by atoms with Crippen molar-refractivity contribution in [2.75, 3.05) is 0 Å². The summed E-state index contributed by atoms with van der Waals surface area (Å²) in [7, 11) is 0. The highest BCUT2D eigenvalue weighted by atomic mass is 32.1. The number of oxazole rings is 1. The molecular weight excluding hydrogens is 653 g/mol. The Labute approximate surface area is 303 Å². The maximum Gasteiger partial charge on any atom is 0.227 e. The van der Waals surface area contributed by atoms with Gasteiger partial charge in [0.25, 0.3) is 0 Å². The molecule has 0 unspecified atom stereocenters. The summed E-state index contributed by atoms with van der Waals surface area (Å²) in [6, 6.07) is 60.3. The summed E-state index contributed by atoms with van der Waals surface area (Å²) in [5.74, 6) is 0.625. The molecule has 0 saturated carbocycles. The molecule has 4 heteroatoms. The zero-order valence-electron chi connectivity index (χ0n) is 27.9. The normalized spacial score (nSPS) is 11.8. The second-order valence-electron chi connectivity index (χ2n) is 13.3. The van der Waals surface area contributed by atoms with Crippen LogP contribution in [0.2, 0.25) is 0 Å². The Hall–Kier alpha value is -6.62. The molecule has 3 heterocycles. The topological polar surface area (TPSA) is 38.9 Å². The molecule has 0 saturated heterocycles. The first-order valence-electron chi connectivity index (χ1n) is 17.5. The van der Waals surface area contributed by atoms with Crippen LogP contribution >= 0.6 is 11.3 Å². The van der Waals surface area contributed by atoms with Crippen LogP contribution in [0.3, 0.4) is 0 Å². The van der Waals surface area contributed by atoms with E-state index in [-0.39, 0.29) is 0 Å². The minimum atomic E-state index is 0.625. The molecule has 242 valence electrons. The smallest absolute Gasteiger partial charge is 0.227 e. The van der Waals surface area contributed by atoms with Crippen LogP contribution in [0.1, 0.15) is 0 Å². The van der Waals surface area contributed by atoms with Crippen molar-refractivity contribution in [2.45, 2.75) is 0 Å². The molecule has 0 radical (unpaired) electrons. The van der Waals surface area contributed by atoms with Gasteiger partial charge in [-0.25, -0.2) is 9.97 Å². The highest BCUT2D eigenvalue weighted by Gasteiger charge is 2.23. The van der Waals surface area contributed by atoms with Crippen molar-refractivity contribution >= 4 is 75.7 Å². The van der Waals surface area contributed by atoms with E-state index in [9.17, 15) is 0 Å². The lowest BCUT2D eigenvalue weighted by molar-refractivity contribution is 0.620. The molecule has 0 spiro atoms. The quantitative estimate of drug-likeness (QED) is 0.174. The summed E-state index contributed by atoms with van der Waals surface area (Å²) in [5.41, 5.74) is 9.21. The van der Waals surface area contributed by atoms with Crippen molar-refractivity contribution in [1.82, 2.24) is 9.97 Å². The third-order valence-electron chi connectivity index (χ3n) is 10.3. The van der Waals surface area contributed by atoms with Gasteiger partial charge in [0.05, 0.1) is 11.2 Å². The summed E-state index contributed by atoms with van der Waals surface area (Å²) in [6.07, 6.45) is 0. The Bertz CT molecular complexity index is 3110. The van der Waals surface area contributed by atoms with Crippen molar-refractivity contribution in [1.29, 1.82) is 0 Å². The van der Waals surface area contributed by atoms with E-state index in [2.05, 4.69) is 146 Å². The molecule has 11 aromatic rings. The minimum Gasteiger partial charge on any atom is -0.436 e. The van der Waals surface area contributed by atoms with E-state index in [1.807, 2.05) is 35.6 Å². The molecule has 0 bridgehead atoms. The lowest BCUT2D eigenvalue weighted by atomic mass is 9.90. The average molecular weight is 681 g/mol. The maximum absolute atomic E-state index is 6.14. The molecule has 0 aliphatic rings. The first-order chi connectivity index (χ1) is 25.8. The van der Waals surface area contributed by atoms with Gasteiger partial charge in [-0.2, -0.15) is 0 Å². The predicted molar refractivity (Wildman–Crippen MR) is 219 cm³/mol. The Kier molecular flexibility index (Phi) is 6.42. The largest absolute Gasteiger partial charge is 0.436 e. The Morgan fingerprint density at radius 2 is 0.962 bits per heavy atom. The highest BCUT2D eigenvalue weighted by molar-refractivity contribution is 7.24. The highest BCUT2D eigenvalue weighted by Crippen LogP contribution is 2.51. The molecule has 0 fully saturated rings.